The zero-order chi connectivity index (χ0) is 18.0. The van der Waals surface area contributed by atoms with Crippen molar-refractivity contribution in [1.82, 2.24) is 9.27 Å². The molecule has 0 spiro atoms. The number of rotatable bonds is 6. The maximum absolute atomic E-state index is 12.2. The van der Waals surface area contributed by atoms with E-state index in [1.165, 1.54) is 11.8 Å². The molecule has 0 atom stereocenters. The number of benzene rings is 1. The number of carbonyl (C=O) groups is 2. The summed E-state index contributed by atoms with van der Waals surface area (Å²) in [6, 6.07) is 7.49. The zero-order valence-electron chi connectivity index (χ0n) is 13.5. The first kappa shape index (κ1) is 18.0. The molecule has 3 N–H and O–H groups in total. The monoisotopic (exact) mass is 396 g/mol. The molecule has 3 rings (SSSR count). The predicted molar refractivity (Wildman–Crippen MR) is 101 cm³/mol. The van der Waals surface area contributed by atoms with E-state index in [0.29, 0.717) is 20.8 Å². The van der Waals surface area contributed by atoms with Gasteiger partial charge in [-0.25, -0.2) is 4.79 Å². The van der Waals surface area contributed by atoms with Gasteiger partial charge in [-0.05, 0) is 42.1 Å². The number of hydrogen-bond donors (Lipinski definition) is 2. The Labute approximate surface area is 158 Å². The topological polar surface area (TPSA) is 88.3 Å². The van der Waals surface area contributed by atoms with Crippen LogP contribution in [-0.2, 0) is 5.75 Å². The molecular weight excluding hydrogens is 380 g/mol. The largest absolute Gasteiger partial charge is 0.365 e. The van der Waals surface area contributed by atoms with E-state index in [1.807, 2.05) is 24.3 Å². The van der Waals surface area contributed by atoms with Crippen molar-refractivity contribution in [3.63, 3.8) is 0 Å². The molecule has 1 heterocycles. The van der Waals surface area contributed by atoms with Gasteiger partial charge in [0.15, 0.2) is 0 Å². The Hall–Kier alpha value is -1.77. The molecule has 1 aliphatic rings. The van der Waals surface area contributed by atoms with Crippen LogP contribution in [0.2, 0.25) is 5.02 Å². The van der Waals surface area contributed by atoms with Crippen LogP contribution < -0.4 is 11.1 Å². The minimum absolute atomic E-state index is 0.247. The quantitative estimate of drug-likeness (QED) is 0.726. The minimum atomic E-state index is -0.600. The molecule has 1 aromatic carbocycles. The first-order valence-corrected chi connectivity index (χ1v) is 9.80. The van der Waals surface area contributed by atoms with Crippen LogP contribution in [0.25, 0.3) is 0 Å². The SMILES string of the molecule is CN(C(=O)Nc1snc(SCc2ccc(Cl)cc2)c1C(N)=O)C1CC1. The number of urea groups is 1. The van der Waals surface area contributed by atoms with Crippen LogP contribution in [0.4, 0.5) is 9.80 Å². The number of amides is 3. The van der Waals surface area contributed by atoms with Gasteiger partial charge in [0.25, 0.3) is 5.91 Å². The molecule has 0 aliphatic heterocycles. The summed E-state index contributed by atoms with van der Waals surface area (Å²) in [5, 5.41) is 4.34. The fourth-order valence-corrected chi connectivity index (χ4v) is 4.26. The Balaban J connectivity index is 1.71. The van der Waals surface area contributed by atoms with Crippen LogP contribution in [0.3, 0.4) is 0 Å². The average Bonchev–Trinajstić information content (AvgIpc) is 3.35. The number of nitrogens with zero attached hydrogens (tertiary/aromatic N) is 2. The summed E-state index contributed by atoms with van der Waals surface area (Å²) in [5.74, 6) is 0.0213. The average molecular weight is 397 g/mol. The smallest absolute Gasteiger partial charge is 0.322 e. The van der Waals surface area contributed by atoms with Crippen LogP contribution in [-0.4, -0.2) is 34.3 Å². The molecule has 0 saturated heterocycles. The number of nitrogens with two attached hydrogens (primary N) is 1. The van der Waals surface area contributed by atoms with E-state index in [1.54, 1.807) is 11.9 Å². The molecule has 0 unspecified atom stereocenters. The van der Waals surface area contributed by atoms with Crippen molar-refractivity contribution in [2.24, 2.45) is 5.73 Å². The van der Waals surface area contributed by atoms with Gasteiger partial charge in [-0.1, -0.05) is 35.5 Å². The highest BCUT2D eigenvalue weighted by Gasteiger charge is 2.30. The summed E-state index contributed by atoms with van der Waals surface area (Å²) >= 11 is 8.35. The van der Waals surface area contributed by atoms with Gasteiger partial charge in [0.2, 0.25) is 0 Å². The summed E-state index contributed by atoms with van der Waals surface area (Å²) in [6.45, 7) is 0. The van der Waals surface area contributed by atoms with Crippen molar-refractivity contribution >= 4 is 51.8 Å². The van der Waals surface area contributed by atoms with Crippen molar-refractivity contribution in [3.8, 4) is 0 Å². The summed E-state index contributed by atoms with van der Waals surface area (Å²) in [5.41, 5.74) is 6.82. The Morgan fingerprint density at radius 3 is 2.68 bits per heavy atom. The van der Waals surface area contributed by atoms with Crippen molar-refractivity contribution in [2.75, 3.05) is 12.4 Å². The highest BCUT2D eigenvalue weighted by Crippen LogP contribution is 2.34. The van der Waals surface area contributed by atoms with Crippen LogP contribution in [0.15, 0.2) is 29.3 Å². The molecule has 1 fully saturated rings. The number of thioether (sulfide) groups is 1. The third-order valence-electron chi connectivity index (χ3n) is 3.83. The Kier molecular flexibility index (Phi) is 5.51. The predicted octanol–water partition coefficient (Wildman–Crippen LogP) is 3.81. The van der Waals surface area contributed by atoms with Gasteiger partial charge in [0.1, 0.15) is 15.6 Å². The minimum Gasteiger partial charge on any atom is -0.365 e. The van der Waals surface area contributed by atoms with Gasteiger partial charge in [0, 0.05) is 23.9 Å². The number of nitrogens with one attached hydrogen (secondary N) is 1. The summed E-state index contributed by atoms with van der Waals surface area (Å²) in [4.78, 5) is 25.7. The Morgan fingerprint density at radius 2 is 2.08 bits per heavy atom. The lowest BCUT2D eigenvalue weighted by Gasteiger charge is -2.16. The van der Waals surface area contributed by atoms with E-state index in [2.05, 4.69) is 9.69 Å². The molecule has 132 valence electrons. The Morgan fingerprint density at radius 1 is 1.40 bits per heavy atom. The van der Waals surface area contributed by atoms with Crippen LogP contribution in [0.1, 0.15) is 28.8 Å². The number of hydrogen-bond acceptors (Lipinski definition) is 5. The van der Waals surface area contributed by atoms with Crippen LogP contribution in [0, 0.1) is 0 Å². The molecule has 0 radical (unpaired) electrons. The third-order valence-corrected chi connectivity index (χ3v) is 6.01. The summed E-state index contributed by atoms with van der Waals surface area (Å²) in [6.07, 6.45) is 2.02. The van der Waals surface area contributed by atoms with Gasteiger partial charge in [-0.15, -0.1) is 0 Å². The lowest BCUT2D eigenvalue weighted by atomic mass is 10.2. The van der Waals surface area contributed by atoms with E-state index < -0.39 is 5.91 Å². The lowest BCUT2D eigenvalue weighted by Crippen LogP contribution is -2.33. The van der Waals surface area contributed by atoms with Gasteiger partial charge < -0.3 is 10.6 Å². The number of halogens is 1. The van der Waals surface area contributed by atoms with Crippen molar-refractivity contribution in [1.29, 1.82) is 0 Å². The van der Waals surface area contributed by atoms with Crippen LogP contribution in [0.5, 0.6) is 0 Å². The highest BCUT2D eigenvalue weighted by molar-refractivity contribution is 7.98. The van der Waals surface area contributed by atoms with E-state index in [-0.39, 0.29) is 17.6 Å². The fraction of sp³-hybridized carbons (Fsp3) is 0.312. The standard InChI is InChI=1S/C16H17ClN4O2S2/c1-21(11-6-7-11)16(23)19-14-12(13(18)22)15(20-25-14)24-8-9-2-4-10(17)5-3-9/h2-5,11H,6-8H2,1H3,(H2,18,22)(H,19,23). The number of primary amides is 1. The fourth-order valence-electron chi connectivity index (χ4n) is 2.22. The molecule has 25 heavy (non-hydrogen) atoms. The maximum Gasteiger partial charge on any atom is 0.322 e. The van der Waals surface area contributed by atoms with Crippen molar-refractivity contribution < 1.29 is 9.59 Å². The van der Waals surface area contributed by atoms with Crippen LogP contribution >= 0.6 is 34.9 Å². The van der Waals surface area contributed by atoms with E-state index in [4.69, 9.17) is 17.3 Å². The summed E-state index contributed by atoms with van der Waals surface area (Å²) < 4.78 is 4.29. The van der Waals surface area contributed by atoms with E-state index in [9.17, 15) is 9.59 Å². The molecule has 1 aromatic heterocycles. The first-order valence-electron chi connectivity index (χ1n) is 7.66. The second-order valence-corrected chi connectivity index (χ2v) is 7.92. The van der Waals surface area contributed by atoms with Crippen molar-refractivity contribution in [2.45, 2.75) is 29.7 Å². The van der Waals surface area contributed by atoms with Gasteiger partial charge in [-0.3, -0.25) is 10.1 Å². The number of aromatic nitrogens is 1. The maximum atomic E-state index is 12.2. The molecule has 6 nitrogen and oxygen atoms in total. The second kappa shape index (κ2) is 7.63. The lowest BCUT2D eigenvalue weighted by molar-refractivity contribution is 0.0998. The molecule has 2 aromatic rings. The zero-order valence-corrected chi connectivity index (χ0v) is 15.9. The van der Waals surface area contributed by atoms with Crippen molar-refractivity contribution in [3.05, 3.63) is 40.4 Å². The molecule has 1 saturated carbocycles. The van der Waals surface area contributed by atoms with E-state index >= 15 is 0 Å². The molecular formula is C16H17ClN4O2S2. The molecule has 3 amide bonds. The van der Waals surface area contributed by atoms with Gasteiger partial charge in [-0.2, -0.15) is 4.37 Å². The normalized spacial score (nSPS) is 13.5. The molecule has 1 aliphatic carbocycles. The number of carbonyl (C=O) groups excluding carboxylic acids is 2. The highest BCUT2D eigenvalue weighted by atomic mass is 35.5. The van der Waals surface area contributed by atoms with Gasteiger partial charge in [0.05, 0.1) is 0 Å². The van der Waals surface area contributed by atoms with Gasteiger partial charge >= 0.3 is 6.03 Å². The molecule has 9 heteroatoms. The first-order chi connectivity index (χ1) is 12.0. The Bertz CT molecular complexity index is 790. The second-order valence-electron chi connectivity index (χ2n) is 5.74. The molecule has 0 bridgehead atoms. The third kappa shape index (κ3) is 4.45. The summed E-state index contributed by atoms with van der Waals surface area (Å²) in [7, 11) is 1.74. The number of anilines is 1. The van der Waals surface area contributed by atoms with E-state index in [0.717, 1.165) is 29.9 Å².